The first kappa shape index (κ1) is 27.7. The van der Waals surface area contributed by atoms with Crippen LogP contribution in [-0.4, -0.2) is 11.1 Å². The van der Waals surface area contributed by atoms with E-state index in [0.29, 0.717) is 0 Å². The summed E-state index contributed by atoms with van der Waals surface area (Å²) in [6, 6.07) is 0. The lowest BCUT2D eigenvalue weighted by molar-refractivity contribution is -0.137. The van der Waals surface area contributed by atoms with E-state index in [9.17, 15) is 4.79 Å². The number of hydrogen-bond acceptors (Lipinski definition) is 1. The summed E-state index contributed by atoms with van der Waals surface area (Å²) in [4.78, 5) is 10.4. The standard InChI is InChI=1S/C27H48O2/c1-2-3-4-5-6-7-8-9-10-11-12-13-14-15-16-17-18-19-20-21-22-23-24-25-26-27(28)29/h7-8,18-19,22-23H,2-6,9-17,20-21,24-26H2,1H3,(H,28,29)/b8-7-,19-18-,23-22-. The van der Waals surface area contributed by atoms with Crippen LogP contribution in [0.4, 0.5) is 0 Å². The van der Waals surface area contributed by atoms with E-state index >= 15 is 0 Å². The molecule has 0 fully saturated rings. The van der Waals surface area contributed by atoms with E-state index in [0.717, 1.165) is 25.7 Å². The Kier molecular flexibility index (Phi) is 23.6. The maximum absolute atomic E-state index is 10.4. The van der Waals surface area contributed by atoms with E-state index in [4.69, 9.17) is 5.11 Å². The molecule has 0 aromatic heterocycles. The minimum Gasteiger partial charge on any atom is -0.481 e. The molecule has 0 aromatic rings. The normalized spacial score (nSPS) is 12.0. The summed E-state index contributed by atoms with van der Waals surface area (Å²) in [5.74, 6) is -0.697. The average molecular weight is 405 g/mol. The second-order valence-electron chi connectivity index (χ2n) is 8.18. The largest absolute Gasteiger partial charge is 0.481 e. The first-order chi connectivity index (χ1) is 14.3. The molecule has 168 valence electrons. The Hall–Kier alpha value is -1.31. The summed E-state index contributed by atoms with van der Waals surface area (Å²) < 4.78 is 0. The summed E-state index contributed by atoms with van der Waals surface area (Å²) in [6.45, 7) is 2.27. The Bertz CT molecular complexity index is 420. The number of carbonyl (C=O) groups is 1. The number of aliphatic carboxylic acids is 1. The molecular formula is C27H48O2. The molecule has 0 radical (unpaired) electrons. The molecule has 0 rings (SSSR count). The van der Waals surface area contributed by atoms with Gasteiger partial charge in [0.1, 0.15) is 0 Å². The second-order valence-corrected chi connectivity index (χ2v) is 8.18. The molecule has 0 saturated carbocycles. The fourth-order valence-corrected chi connectivity index (χ4v) is 3.37. The van der Waals surface area contributed by atoms with Gasteiger partial charge in [-0.3, -0.25) is 4.79 Å². The molecule has 0 aromatic carbocycles. The van der Waals surface area contributed by atoms with Gasteiger partial charge in [0.25, 0.3) is 0 Å². The smallest absolute Gasteiger partial charge is 0.303 e. The van der Waals surface area contributed by atoms with Crippen LogP contribution in [0.5, 0.6) is 0 Å². The molecule has 0 unspecified atom stereocenters. The highest BCUT2D eigenvalue weighted by atomic mass is 16.4. The fourth-order valence-electron chi connectivity index (χ4n) is 3.37. The van der Waals surface area contributed by atoms with E-state index in [1.165, 1.54) is 89.9 Å². The molecule has 0 aliphatic carbocycles. The first-order valence-corrected chi connectivity index (χ1v) is 12.4. The summed E-state index contributed by atoms with van der Waals surface area (Å²) in [5, 5.41) is 8.56. The zero-order valence-electron chi connectivity index (χ0n) is 19.3. The topological polar surface area (TPSA) is 37.3 Å². The van der Waals surface area contributed by atoms with Gasteiger partial charge in [0.05, 0.1) is 0 Å². The second kappa shape index (κ2) is 24.7. The molecule has 0 bridgehead atoms. The zero-order valence-corrected chi connectivity index (χ0v) is 19.3. The van der Waals surface area contributed by atoms with E-state index in [2.05, 4.69) is 43.4 Å². The van der Waals surface area contributed by atoms with Crippen LogP contribution in [0.1, 0.15) is 129 Å². The predicted octanol–water partition coefficient (Wildman–Crippen LogP) is 9.17. The molecule has 29 heavy (non-hydrogen) atoms. The highest BCUT2D eigenvalue weighted by Crippen LogP contribution is 2.11. The van der Waals surface area contributed by atoms with E-state index in [-0.39, 0.29) is 6.42 Å². The third kappa shape index (κ3) is 26.7. The summed E-state index contributed by atoms with van der Waals surface area (Å²) in [6.07, 6.45) is 36.7. The predicted molar refractivity (Wildman–Crippen MR) is 128 cm³/mol. The summed E-state index contributed by atoms with van der Waals surface area (Å²) in [5.41, 5.74) is 0. The molecule has 0 aliphatic rings. The number of rotatable bonds is 22. The van der Waals surface area contributed by atoms with Gasteiger partial charge in [-0.1, -0.05) is 94.7 Å². The van der Waals surface area contributed by atoms with Crippen molar-refractivity contribution in [2.24, 2.45) is 0 Å². The van der Waals surface area contributed by atoms with Crippen molar-refractivity contribution in [1.29, 1.82) is 0 Å². The van der Waals surface area contributed by atoms with Gasteiger partial charge in [-0.15, -0.1) is 0 Å². The van der Waals surface area contributed by atoms with Gasteiger partial charge in [0, 0.05) is 6.42 Å². The Morgan fingerprint density at radius 3 is 1.28 bits per heavy atom. The van der Waals surface area contributed by atoms with Crippen LogP contribution in [0.2, 0.25) is 0 Å². The van der Waals surface area contributed by atoms with Crippen LogP contribution in [0.25, 0.3) is 0 Å². The summed E-state index contributed by atoms with van der Waals surface area (Å²) >= 11 is 0. The molecule has 0 amide bonds. The number of carboxylic acid groups (broad SMARTS) is 1. The third-order valence-corrected chi connectivity index (χ3v) is 5.23. The van der Waals surface area contributed by atoms with Gasteiger partial charge in [0.15, 0.2) is 0 Å². The van der Waals surface area contributed by atoms with Crippen LogP contribution >= 0.6 is 0 Å². The highest BCUT2D eigenvalue weighted by molar-refractivity contribution is 5.66. The molecule has 0 saturated heterocycles. The van der Waals surface area contributed by atoms with Gasteiger partial charge in [-0.25, -0.2) is 0 Å². The quantitative estimate of drug-likeness (QED) is 0.144. The lowest BCUT2D eigenvalue weighted by atomic mass is 10.1. The minimum atomic E-state index is -0.697. The molecule has 0 aliphatic heterocycles. The van der Waals surface area contributed by atoms with Gasteiger partial charge >= 0.3 is 5.97 Å². The van der Waals surface area contributed by atoms with Crippen molar-refractivity contribution in [3.05, 3.63) is 36.5 Å². The van der Waals surface area contributed by atoms with Crippen molar-refractivity contribution < 1.29 is 9.90 Å². The van der Waals surface area contributed by atoms with Crippen LogP contribution in [0.15, 0.2) is 36.5 Å². The van der Waals surface area contributed by atoms with Crippen molar-refractivity contribution in [2.45, 2.75) is 129 Å². The SMILES string of the molecule is CCCCCC/C=C\CCCCCCCCC/C=C\CC/C=C\CCCC(=O)O. The van der Waals surface area contributed by atoms with Gasteiger partial charge in [0.2, 0.25) is 0 Å². The van der Waals surface area contributed by atoms with E-state index < -0.39 is 5.97 Å². The van der Waals surface area contributed by atoms with Crippen LogP contribution < -0.4 is 0 Å². The molecule has 0 spiro atoms. The van der Waals surface area contributed by atoms with Gasteiger partial charge in [-0.05, 0) is 64.2 Å². The Labute approximate surface area is 181 Å². The maximum Gasteiger partial charge on any atom is 0.303 e. The van der Waals surface area contributed by atoms with Crippen LogP contribution in [0, 0.1) is 0 Å². The lowest BCUT2D eigenvalue weighted by Crippen LogP contribution is -1.92. The van der Waals surface area contributed by atoms with Crippen molar-refractivity contribution in [3.8, 4) is 0 Å². The van der Waals surface area contributed by atoms with Crippen molar-refractivity contribution in [1.82, 2.24) is 0 Å². The van der Waals surface area contributed by atoms with Crippen LogP contribution in [0.3, 0.4) is 0 Å². The molecule has 0 atom stereocenters. The molecule has 2 heteroatoms. The number of allylic oxidation sites excluding steroid dienone is 6. The maximum atomic E-state index is 10.4. The fraction of sp³-hybridized carbons (Fsp3) is 0.741. The molecule has 2 nitrogen and oxygen atoms in total. The minimum absolute atomic E-state index is 0.279. The summed E-state index contributed by atoms with van der Waals surface area (Å²) in [7, 11) is 0. The first-order valence-electron chi connectivity index (χ1n) is 12.4. The van der Waals surface area contributed by atoms with Crippen molar-refractivity contribution >= 4 is 5.97 Å². The van der Waals surface area contributed by atoms with Crippen molar-refractivity contribution in [3.63, 3.8) is 0 Å². The van der Waals surface area contributed by atoms with Crippen LogP contribution in [-0.2, 0) is 4.79 Å². The molecular weight excluding hydrogens is 356 g/mol. The molecule has 0 heterocycles. The van der Waals surface area contributed by atoms with Gasteiger partial charge < -0.3 is 5.11 Å². The number of carboxylic acids is 1. The van der Waals surface area contributed by atoms with Gasteiger partial charge in [-0.2, -0.15) is 0 Å². The zero-order chi connectivity index (χ0) is 21.3. The highest BCUT2D eigenvalue weighted by Gasteiger charge is 1.93. The average Bonchev–Trinajstić information content (AvgIpc) is 2.71. The Balaban J connectivity index is 3.19. The van der Waals surface area contributed by atoms with E-state index in [1.807, 2.05) is 0 Å². The van der Waals surface area contributed by atoms with Crippen molar-refractivity contribution in [2.75, 3.05) is 0 Å². The third-order valence-electron chi connectivity index (χ3n) is 5.23. The Morgan fingerprint density at radius 1 is 0.517 bits per heavy atom. The number of unbranched alkanes of at least 4 members (excludes halogenated alkanes) is 14. The number of hydrogen-bond donors (Lipinski definition) is 1. The lowest BCUT2D eigenvalue weighted by Gasteiger charge is -2.00. The molecule has 1 N–H and O–H groups in total. The Morgan fingerprint density at radius 2 is 0.862 bits per heavy atom. The monoisotopic (exact) mass is 404 g/mol. The van der Waals surface area contributed by atoms with E-state index in [1.54, 1.807) is 0 Å².